The van der Waals surface area contributed by atoms with Gasteiger partial charge < -0.3 is 0 Å². The van der Waals surface area contributed by atoms with Crippen molar-refractivity contribution in [1.82, 2.24) is 0 Å². The molecule has 3 heteroatoms. The van der Waals surface area contributed by atoms with Crippen LogP contribution in [0.1, 0.15) is 11.1 Å². The molecule has 0 heterocycles. The molecule has 0 aliphatic carbocycles. The average Bonchev–Trinajstić information content (AvgIpc) is 2.44. The van der Waals surface area contributed by atoms with Crippen LogP contribution in [0.4, 0.5) is 13.2 Å². The van der Waals surface area contributed by atoms with Gasteiger partial charge in [-0.05, 0) is 23.8 Å². The molecule has 0 amide bonds. The van der Waals surface area contributed by atoms with E-state index in [0.29, 0.717) is 11.1 Å². The molecule has 0 saturated heterocycles. The van der Waals surface area contributed by atoms with Crippen molar-refractivity contribution in [2.45, 2.75) is 6.18 Å². The maximum Gasteiger partial charge on any atom is 0.424 e. The van der Waals surface area contributed by atoms with Crippen LogP contribution in [0.15, 0.2) is 66.2 Å². The van der Waals surface area contributed by atoms with Crippen LogP contribution in [0.5, 0.6) is 0 Å². The highest BCUT2D eigenvalue weighted by Gasteiger charge is 2.32. The lowest BCUT2D eigenvalue weighted by molar-refractivity contribution is -0.0863. The first-order valence-corrected chi connectivity index (χ1v) is 5.97. The minimum atomic E-state index is -4.46. The number of alkyl halides is 3. The lowest BCUT2D eigenvalue weighted by Crippen LogP contribution is -2.10. The van der Waals surface area contributed by atoms with Gasteiger partial charge in [-0.2, -0.15) is 13.2 Å². The van der Waals surface area contributed by atoms with Gasteiger partial charge in [0.05, 0.1) is 0 Å². The van der Waals surface area contributed by atoms with Gasteiger partial charge in [-0.3, -0.25) is 0 Å². The zero-order valence-corrected chi connectivity index (χ0v) is 10.5. The Hall–Kier alpha value is -2.47. The molecular formula is C17H11F3. The van der Waals surface area contributed by atoms with Crippen LogP contribution >= 0.6 is 0 Å². The van der Waals surface area contributed by atoms with Gasteiger partial charge in [-0.1, -0.05) is 60.4 Å². The molecule has 0 unspecified atom stereocenters. The van der Waals surface area contributed by atoms with Gasteiger partial charge in [0.2, 0.25) is 0 Å². The molecule has 0 radical (unpaired) electrons. The third kappa shape index (κ3) is 4.03. The summed E-state index contributed by atoms with van der Waals surface area (Å²) in [5, 5.41) is 0. The van der Waals surface area contributed by atoms with Crippen molar-refractivity contribution in [1.29, 1.82) is 0 Å². The van der Waals surface area contributed by atoms with Crippen molar-refractivity contribution in [2.75, 3.05) is 0 Å². The van der Waals surface area contributed by atoms with Crippen molar-refractivity contribution in [2.24, 2.45) is 0 Å². The normalized spacial score (nSPS) is 11.7. The van der Waals surface area contributed by atoms with Gasteiger partial charge >= 0.3 is 6.18 Å². The lowest BCUT2D eigenvalue weighted by Gasteiger charge is -2.05. The van der Waals surface area contributed by atoms with Gasteiger partial charge in [0.1, 0.15) is 5.57 Å². The lowest BCUT2D eigenvalue weighted by atomic mass is 10.1. The van der Waals surface area contributed by atoms with E-state index in [-0.39, 0.29) is 0 Å². The molecule has 0 nitrogen and oxygen atoms in total. The highest BCUT2D eigenvalue weighted by Crippen LogP contribution is 2.27. The minimum Gasteiger partial charge on any atom is -0.165 e. The van der Waals surface area contributed by atoms with Crippen LogP contribution in [-0.2, 0) is 0 Å². The molecule has 0 atom stereocenters. The molecule has 0 N–H and O–H groups in total. The number of hydrogen-bond donors (Lipinski definition) is 0. The van der Waals surface area contributed by atoms with Crippen molar-refractivity contribution in [3.05, 3.63) is 77.4 Å². The highest BCUT2D eigenvalue weighted by molar-refractivity contribution is 5.60. The van der Waals surface area contributed by atoms with Crippen molar-refractivity contribution in [3.63, 3.8) is 0 Å². The van der Waals surface area contributed by atoms with Crippen LogP contribution in [0.2, 0.25) is 0 Å². The van der Waals surface area contributed by atoms with Crippen LogP contribution in [0, 0.1) is 11.8 Å². The summed E-state index contributed by atoms with van der Waals surface area (Å²) < 4.78 is 38.8. The van der Waals surface area contributed by atoms with E-state index in [1.54, 1.807) is 60.7 Å². The fourth-order valence-corrected chi connectivity index (χ4v) is 1.57. The molecule has 0 aromatic heterocycles. The standard InChI is InChI=1S/C17H11F3/c18-17(19,20)16(13-15-9-5-2-6-10-15)12-11-14-7-3-1-4-8-14/h1-10,13H/b16-13+. The van der Waals surface area contributed by atoms with Gasteiger partial charge in [0, 0.05) is 5.56 Å². The second-order valence-corrected chi connectivity index (χ2v) is 4.08. The average molecular weight is 272 g/mol. The molecule has 2 aromatic carbocycles. The summed E-state index contributed by atoms with van der Waals surface area (Å²) in [4.78, 5) is 0. The molecule has 2 aromatic rings. The van der Waals surface area contributed by atoms with E-state index in [1.165, 1.54) is 0 Å². The Kier molecular flexibility index (Phi) is 4.27. The zero-order chi connectivity index (χ0) is 14.4. The summed E-state index contributed by atoms with van der Waals surface area (Å²) in [7, 11) is 0. The zero-order valence-electron chi connectivity index (χ0n) is 10.5. The Morgan fingerprint density at radius 1 is 0.850 bits per heavy atom. The van der Waals surface area contributed by atoms with Gasteiger partial charge in [0.25, 0.3) is 0 Å². The Morgan fingerprint density at radius 3 is 1.95 bits per heavy atom. The first kappa shape index (κ1) is 14.0. The Labute approximate surface area is 115 Å². The van der Waals surface area contributed by atoms with E-state index in [0.717, 1.165) is 6.08 Å². The fraction of sp³-hybridized carbons (Fsp3) is 0.0588. The molecule has 20 heavy (non-hydrogen) atoms. The number of benzene rings is 2. The summed E-state index contributed by atoms with van der Waals surface area (Å²) in [5.41, 5.74) is 0.172. The third-order valence-corrected chi connectivity index (χ3v) is 2.53. The van der Waals surface area contributed by atoms with Gasteiger partial charge in [-0.15, -0.1) is 0 Å². The monoisotopic (exact) mass is 272 g/mol. The largest absolute Gasteiger partial charge is 0.424 e. The molecule has 2 rings (SSSR count). The van der Waals surface area contributed by atoms with E-state index in [9.17, 15) is 13.2 Å². The van der Waals surface area contributed by atoms with Crippen LogP contribution in [0.25, 0.3) is 6.08 Å². The Bertz CT molecular complexity index is 641. The maximum absolute atomic E-state index is 12.9. The summed E-state index contributed by atoms with van der Waals surface area (Å²) in [6.45, 7) is 0. The van der Waals surface area contributed by atoms with Crippen molar-refractivity contribution in [3.8, 4) is 11.8 Å². The number of allylic oxidation sites excluding steroid dienone is 1. The summed E-state index contributed by atoms with van der Waals surface area (Å²) in [5.74, 6) is 4.74. The minimum absolute atomic E-state index is 0.474. The topological polar surface area (TPSA) is 0 Å². The molecule has 0 saturated carbocycles. The second-order valence-electron chi connectivity index (χ2n) is 4.08. The number of rotatable bonds is 1. The van der Waals surface area contributed by atoms with E-state index < -0.39 is 11.7 Å². The molecule has 0 fully saturated rings. The van der Waals surface area contributed by atoms with Gasteiger partial charge in [0.15, 0.2) is 0 Å². The maximum atomic E-state index is 12.9. The molecule has 100 valence electrons. The molecule has 0 aliphatic heterocycles. The summed E-state index contributed by atoms with van der Waals surface area (Å²) in [6, 6.07) is 16.9. The van der Waals surface area contributed by atoms with Crippen LogP contribution < -0.4 is 0 Å². The predicted octanol–water partition coefficient (Wildman–Crippen LogP) is 4.68. The smallest absolute Gasteiger partial charge is 0.165 e. The van der Waals surface area contributed by atoms with Crippen molar-refractivity contribution >= 4 is 6.08 Å². The molecule has 0 spiro atoms. The van der Waals surface area contributed by atoms with Crippen LogP contribution in [-0.4, -0.2) is 6.18 Å². The van der Waals surface area contributed by atoms with E-state index >= 15 is 0 Å². The Balaban J connectivity index is 2.36. The third-order valence-electron chi connectivity index (χ3n) is 2.53. The van der Waals surface area contributed by atoms with E-state index in [2.05, 4.69) is 11.8 Å². The first-order chi connectivity index (χ1) is 9.55. The SMILES string of the molecule is FC(F)(F)/C(C#Cc1ccccc1)=C/c1ccccc1. The summed E-state index contributed by atoms with van der Waals surface area (Å²) >= 11 is 0. The first-order valence-electron chi connectivity index (χ1n) is 5.97. The molecule has 0 aliphatic rings. The summed E-state index contributed by atoms with van der Waals surface area (Å²) in [6.07, 6.45) is -3.41. The van der Waals surface area contributed by atoms with E-state index in [1.807, 2.05) is 0 Å². The second kappa shape index (κ2) is 6.12. The quantitative estimate of drug-likeness (QED) is 0.661. The number of hydrogen-bond acceptors (Lipinski definition) is 0. The highest BCUT2D eigenvalue weighted by atomic mass is 19.4. The van der Waals surface area contributed by atoms with Gasteiger partial charge in [-0.25, -0.2) is 0 Å². The number of halogens is 3. The predicted molar refractivity (Wildman–Crippen MR) is 73.8 cm³/mol. The molecule has 0 bridgehead atoms. The fourth-order valence-electron chi connectivity index (χ4n) is 1.57. The van der Waals surface area contributed by atoms with Crippen LogP contribution in [0.3, 0.4) is 0 Å². The Morgan fingerprint density at radius 2 is 1.40 bits per heavy atom. The van der Waals surface area contributed by atoms with Crippen molar-refractivity contribution < 1.29 is 13.2 Å². The molecular weight excluding hydrogens is 261 g/mol. The van der Waals surface area contributed by atoms with E-state index in [4.69, 9.17) is 0 Å².